The van der Waals surface area contributed by atoms with Crippen LogP contribution >= 0.6 is 0 Å². The van der Waals surface area contributed by atoms with Crippen LogP contribution in [-0.2, 0) is 13.5 Å². The number of aromatic nitrogens is 2. The molecule has 0 fully saturated rings. The van der Waals surface area contributed by atoms with Gasteiger partial charge in [0, 0.05) is 19.2 Å². The normalized spacial score (nSPS) is 23.6. The molecule has 1 aliphatic carbocycles. The van der Waals surface area contributed by atoms with Crippen molar-refractivity contribution in [2.45, 2.75) is 46.1 Å². The first-order valence-electron chi connectivity index (χ1n) is 6.23. The quantitative estimate of drug-likeness (QED) is 0.798. The van der Waals surface area contributed by atoms with Gasteiger partial charge < -0.3 is 5.11 Å². The minimum Gasteiger partial charge on any atom is -0.389 e. The molecule has 3 heteroatoms. The highest BCUT2D eigenvalue weighted by Gasteiger charge is 2.27. The van der Waals surface area contributed by atoms with Crippen molar-refractivity contribution >= 4 is 0 Å². The van der Waals surface area contributed by atoms with Crippen molar-refractivity contribution in [1.29, 1.82) is 0 Å². The summed E-state index contributed by atoms with van der Waals surface area (Å²) >= 11 is 0. The Morgan fingerprint density at radius 3 is 2.76 bits per heavy atom. The predicted molar refractivity (Wildman–Crippen MR) is 68.8 cm³/mol. The van der Waals surface area contributed by atoms with Crippen molar-refractivity contribution < 1.29 is 5.11 Å². The zero-order chi connectivity index (χ0) is 12.6. The minimum absolute atomic E-state index is 0.205. The SMILES string of the molecule is Cc1cc(CC2=CC(O)CC(C)(C)C2)n(C)n1. The molecule has 1 unspecified atom stereocenters. The van der Waals surface area contributed by atoms with E-state index in [0.29, 0.717) is 0 Å². The van der Waals surface area contributed by atoms with Gasteiger partial charge in [-0.1, -0.05) is 25.5 Å². The second-order valence-corrected chi connectivity index (χ2v) is 6.01. The maximum atomic E-state index is 9.87. The highest BCUT2D eigenvalue weighted by molar-refractivity contribution is 5.21. The van der Waals surface area contributed by atoms with Crippen LogP contribution in [0.5, 0.6) is 0 Å². The molecule has 17 heavy (non-hydrogen) atoms. The van der Waals surface area contributed by atoms with Crippen molar-refractivity contribution in [3.63, 3.8) is 0 Å². The van der Waals surface area contributed by atoms with E-state index >= 15 is 0 Å². The number of aliphatic hydroxyl groups excluding tert-OH is 1. The fraction of sp³-hybridized carbons (Fsp3) is 0.643. The lowest BCUT2D eigenvalue weighted by Crippen LogP contribution is -2.25. The van der Waals surface area contributed by atoms with Gasteiger partial charge in [-0.25, -0.2) is 0 Å². The Balaban J connectivity index is 2.16. The van der Waals surface area contributed by atoms with Crippen LogP contribution in [0.4, 0.5) is 0 Å². The molecular formula is C14H22N2O. The summed E-state index contributed by atoms with van der Waals surface area (Å²) in [4.78, 5) is 0. The molecule has 0 radical (unpaired) electrons. The van der Waals surface area contributed by atoms with E-state index in [2.05, 4.69) is 25.0 Å². The summed E-state index contributed by atoms with van der Waals surface area (Å²) in [5.74, 6) is 0. The van der Waals surface area contributed by atoms with Crippen LogP contribution in [-0.4, -0.2) is 21.0 Å². The Morgan fingerprint density at radius 2 is 2.24 bits per heavy atom. The lowest BCUT2D eigenvalue weighted by atomic mass is 9.75. The van der Waals surface area contributed by atoms with E-state index in [4.69, 9.17) is 0 Å². The first kappa shape index (κ1) is 12.4. The molecule has 94 valence electrons. The van der Waals surface area contributed by atoms with Gasteiger partial charge >= 0.3 is 0 Å². The zero-order valence-corrected chi connectivity index (χ0v) is 11.2. The second kappa shape index (κ2) is 4.30. The molecule has 0 aromatic carbocycles. The molecule has 0 bridgehead atoms. The maximum absolute atomic E-state index is 9.87. The van der Waals surface area contributed by atoms with Crippen LogP contribution < -0.4 is 0 Å². The van der Waals surface area contributed by atoms with Gasteiger partial charge in [-0.15, -0.1) is 0 Å². The second-order valence-electron chi connectivity index (χ2n) is 6.01. The fourth-order valence-electron chi connectivity index (χ4n) is 2.83. The van der Waals surface area contributed by atoms with E-state index < -0.39 is 0 Å². The highest BCUT2D eigenvalue weighted by Crippen LogP contribution is 2.36. The van der Waals surface area contributed by atoms with Crippen LogP contribution in [0.3, 0.4) is 0 Å². The third kappa shape index (κ3) is 2.97. The van der Waals surface area contributed by atoms with Crippen molar-refractivity contribution in [3.8, 4) is 0 Å². The van der Waals surface area contributed by atoms with E-state index in [9.17, 15) is 5.11 Å². The molecule has 3 nitrogen and oxygen atoms in total. The summed E-state index contributed by atoms with van der Waals surface area (Å²) in [7, 11) is 1.98. The van der Waals surface area contributed by atoms with Crippen molar-refractivity contribution in [2.75, 3.05) is 0 Å². The van der Waals surface area contributed by atoms with Gasteiger partial charge in [-0.05, 0) is 31.2 Å². The Morgan fingerprint density at radius 1 is 1.53 bits per heavy atom. The third-order valence-corrected chi connectivity index (χ3v) is 3.40. The van der Waals surface area contributed by atoms with E-state index in [0.717, 1.165) is 25.0 Å². The Hall–Kier alpha value is -1.09. The van der Waals surface area contributed by atoms with Gasteiger partial charge in [-0.2, -0.15) is 5.10 Å². The van der Waals surface area contributed by atoms with Gasteiger partial charge in [0.05, 0.1) is 11.8 Å². The Labute approximate surface area is 103 Å². The molecule has 1 heterocycles. The van der Waals surface area contributed by atoms with Gasteiger partial charge in [0.15, 0.2) is 0 Å². The molecule has 1 aromatic heterocycles. The molecule has 1 aromatic rings. The molecule has 0 aliphatic heterocycles. The highest BCUT2D eigenvalue weighted by atomic mass is 16.3. The number of hydrogen-bond acceptors (Lipinski definition) is 2. The monoisotopic (exact) mass is 234 g/mol. The van der Waals surface area contributed by atoms with E-state index in [1.165, 1.54) is 11.3 Å². The molecule has 1 aliphatic rings. The number of allylic oxidation sites excluding steroid dienone is 1. The number of nitrogens with zero attached hydrogens (tertiary/aromatic N) is 2. The first-order chi connectivity index (χ1) is 7.85. The molecule has 0 spiro atoms. The van der Waals surface area contributed by atoms with E-state index in [1.54, 1.807) is 0 Å². The molecule has 0 amide bonds. The van der Waals surface area contributed by atoms with Crippen molar-refractivity contribution in [2.24, 2.45) is 12.5 Å². The lowest BCUT2D eigenvalue weighted by Gasteiger charge is -2.32. The number of aryl methyl sites for hydroxylation is 2. The predicted octanol–water partition coefficient (Wildman–Crippen LogP) is 2.38. The summed E-state index contributed by atoms with van der Waals surface area (Å²) in [5.41, 5.74) is 3.81. The fourth-order valence-corrected chi connectivity index (χ4v) is 2.83. The molecule has 0 saturated carbocycles. The third-order valence-electron chi connectivity index (χ3n) is 3.40. The Bertz CT molecular complexity index is 443. The summed E-state index contributed by atoms with van der Waals surface area (Å²) in [6.45, 7) is 6.45. The smallest absolute Gasteiger partial charge is 0.0728 e. The van der Waals surface area contributed by atoms with Gasteiger partial charge in [0.1, 0.15) is 0 Å². The standard InChI is InChI=1S/C14H22N2O/c1-10-5-12(16(4)15-10)6-11-7-13(17)9-14(2,3)8-11/h5,7,13,17H,6,8-9H2,1-4H3. The number of rotatable bonds is 2. The lowest BCUT2D eigenvalue weighted by molar-refractivity contribution is 0.138. The van der Waals surface area contributed by atoms with Gasteiger partial charge in [0.25, 0.3) is 0 Å². The summed E-state index contributed by atoms with van der Waals surface area (Å²) < 4.78 is 1.93. The topological polar surface area (TPSA) is 38.0 Å². The van der Waals surface area contributed by atoms with Crippen molar-refractivity contribution in [3.05, 3.63) is 29.1 Å². The molecule has 1 N–H and O–H groups in total. The van der Waals surface area contributed by atoms with Crippen LogP contribution in [0.1, 0.15) is 38.1 Å². The summed E-state index contributed by atoms with van der Waals surface area (Å²) in [6, 6.07) is 2.12. The average molecular weight is 234 g/mol. The molecule has 2 rings (SSSR count). The molecular weight excluding hydrogens is 212 g/mol. The molecule has 0 saturated heterocycles. The zero-order valence-electron chi connectivity index (χ0n) is 11.2. The van der Waals surface area contributed by atoms with Crippen LogP contribution in [0.15, 0.2) is 17.7 Å². The van der Waals surface area contributed by atoms with Crippen molar-refractivity contribution in [1.82, 2.24) is 9.78 Å². The van der Waals surface area contributed by atoms with Crippen LogP contribution in [0.2, 0.25) is 0 Å². The van der Waals surface area contributed by atoms with Gasteiger partial charge in [0.2, 0.25) is 0 Å². The van der Waals surface area contributed by atoms with Gasteiger partial charge in [-0.3, -0.25) is 4.68 Å². The summed E-state index contributed by atoms with van der Waals surface area (Å²) in [6.07, 6.45) is 4.56. The average Bonchev–Trinajstić information content (AvgIpc) is 2.41. The van der Waals surface area contributed by atoms with Crippen LogP contribution in [0, 0.1) is 12.3 Å². The Kier molecular flexibility index (Phi) is 3.13. The minimum atomic E-state index is -0.289. The first-order valence-corrected chi connectivity index (χ1v) is 6.23. The summed E-state index contributed by atoms with van der Waals surface area (Å²) in [5, 5.41) is 14.2. The molecule has 1 atom stereocenters. The number of hydrogen-bond donors (Lipinski definition) is 1. The van der Waals surface area contributed by atoms with E-state index in [-0.39, 0.29) is 11.5 Å². The number of aliphatic hydroxyl groups is 1. The maximum Gasteiger partial charge on any atom is 0.0728 e. The van der Waals surface area contributed by atoms with E-state index in [1.807, 2.05) is 24.7 Å². The largest absolute Gasteiger partial charge is 0.389 e. The van der Waals surface area contributed by atoms with Crippen LogP contribution in [0.25, 0.3) is 0 Å².